The minimum Gasteiger partial charge on any atom is -0.480 e. The monoisotopic (exact) mass is 275 g/mol. The molecule has 1 N–H and O–H groups in total. The van der Waals surface area contributed by atoms with Gasteiger partial charge in [0, 0.05) is 19.4 Å². The summed E-state index contributed by atoms with van der Waals surface area (Å²) in [5.41, 5.74) is -0.799. The summed E-state index contributed by atoms with van der Waals surface area (Å²) in [6, 6.07) is 0. The van der Waals surface area contributed by atoms with Crippen LogP contribution >= 0.6 is 0 Å². The molecule has 0 amide bonds. The van der Waals surface area contributed by atoms with E-state index in [4.69, 9.17) is 0 Å². The Morgan fingerprint density at radius 1 is 1.42 bits per heavy atom. The average molecular weight is 275 g/mol. The summed E-state index contributed by atoms with van der Waals surface area (Å²) in [6.07, 6.45) is 3.33. The van der Waals surface area contributed by atoms with Gasteiger partial charge in [-0.05, 0) is 38.1 Å². The van der Waals surface area contributed by atoms with E-state index in [1.165, 1.54) is 0 Å². The SMILES string of the molecule is CCCC1(C(=O)O)CCCN1CC1CCC(F)(F)C1. The third-order valence-corrected chi connectivity index (χ3v) is 4.67. The molecule has 1 aliphatic carbocycles. The molecule has 110 valence electrons. The molecule has 2 unspecified atom stereocenters. The van der Waals surface area contributed by atoms with Crippen LogP contribution in [0, 0.1) is 5.92 Å². The van der Waals surface area contributed by atoms with E-state index < -0.39 is 17.4 Å². The molecule has 0 spiro atoms. The number of nitrogens with zero attached hydrogens (tertiary/aromatic N) is 1. The molecule has 1 aliphatic heterocycles. The molecule has 0 bridgehead atoms. The van der Waals surface area contributed by atoms with Crippen LogP contribution in [0.25, 0.3) is 0 Å². The van der Waals surface area contributed by atoms with Crippen molar-refractivity contribution < 1.29 is 18.7 Å². The van der Waals surface area contributed by atoms with E-state index in [9.17, 15) is 18.7 Å². The van der Waals surface area contributed by atoms with E-state index in [-0.39, 0.29) is 18.8 Å². The molecule has 3 nitrogen and oxygen atoms in total. The molecule has 0 aromatic rings. The second-order valence-corrected chi connectivity index (χ2v) is 6.10. The fourth-order valence-corrected chi connectivity index (χ4v) is 3.76. The number of likely N-dealkylation sites (tertiary alicyclic amines) is 1. The molecule has 1 heterocycles. The van der Waals surface area contributed by atoms with E-state index >= 15 is 0 Å². The lowest BCUT2D eigenvalue weighted by Gasteiger charge is -2.36. The highest BCUT2D eigenvalue weighted by Crippen LogP contribution is 2.42. The van der Waals surface area contributed by atoms with E-state index in [2.05, 4.69) is 0 Å². The predicted octanol–water partition coefficient (Wildman–Crippen LogP) is 3.14. The topological polar surface area (TPSA) is 40.5 Å². The highest BCUT2D eigenvalue weighted by atomic mass is 19.3. The highest BCUT2D eigenvalue weighted by Gasteiger charge is 2.49. The zero-order valence-corrected chi connectivity index (χ0v) is 11.5. The summed E-state index contributed by atoms with van der Waals surface area (Å²) in [5, 5.41) is 9.55. The first kappa shape index (κ1) is 14.7. The lowest BCUT2D eigenvalue weighted by Crippen LogP contribution is -2.51. The normalized spacial score (nSPS) is 34.8. The number of halogens is 2. The fourth-order valence-electron chi connectivity index (χ4n) is 3.76. The summed E-state index contributed by atoms with van der Waals surface area (Å²) in [4.78, 5) is 13.6. The molecule has 5 heteroatoms. The molecular weight excluding hydrogens is 252 g/mol. The van der Waals surface area contributed by atoms with Crippen LogP contribution in [0.4, 0.5) is 8.78 Å². The van der Waals surface area contributed by atoms with Crippen LogP contribution in [-0.4, -0.2) is 40.5 Å². The zero-order chi connectivity index (χ0) is 14.1. The molecule has 19 heavy (non-hydrogen) atoms. The van der Waals surface area contributed by atoms with Crippen molar-refractivity contribution >= 4 is 5.97 Å². The van der Waals surface area contributed by atoms with Gasteiger partial charge in [0.25, 0.3) is 0 Å². The maximum absolute atomic E-state index is 13.2. The lowest BCUT2D eigenvalue weighted by atomic mass is 9.90. The van der Waals surface area contributed by atoms with Gasteiger partial charge in [0.05, 0.1) is 0 Å². The number of carboxylic acid groups (broad SMARTS) is 1. The van der Waals surface area contributed by atoms with Gasteiger partial charge in [-0.15, -0.1) is 0 Å². The van der Waals surface area contributed by atoms with E-state index in [1.807, 2.05) is 11.8 Å². The van der Waals surface area contributed by atoms with Gasteiger partial charge in [0.2, 0.25) is 5.92 Å². The third kappa shape index (κ3) is 2.91. The summed E-state index contributed by atoms with van der Waals surface area (Å²) >= 11 is 0. The summed E-state index contributed by atoms with van der Waals surface area (Å²) in [7, 11) is 0. The third-order valence-electron chi connectivity index (χ3n) is 4.67. The Hall–Kier alpha value is -0.710. The van der Waals surface area contributed by atoms with Gasteiger partial charge in [-0.1, -0.05) is 13.3 Å². The number of rotatable bonds is 5. The number of hydrogen-bond acceptors (Lipinski definition) is 2. The van der Waals surface area contributed by atoms with Crippen molar-refractivity contribution in [1.82, 2.24) is 4.90 Å². The largest absolute Gasteiger partial charge is 0.480 e. The standard InChI is InChI=1S/C14H23F2NO2/c1-2-5-13(12(18)19)6-3-8-17(13)10-11-4-7-14(15,16)9-11/h11H,2-10H2,1H3,(H,18,19). The number of carbonyl (C=O) groups is 1. The Morgan fingerprint density at radius 2 is 2.16 bits per heavy atom. The van der Waals surface area contributed by atoms with Crippen molar-refractivity contribution in [2.75, 3.05) is 13.1 Å². The van der Waals surface area contributed by atoms with Crippen LogP contribution in [0.1, 0.15) is 51.9 Å². The fraction of sp³-hybridized carbons (Fsp3) is 0.929. The maximum atomic E-state index is 13.2. The Morgan fingerprint density at radius 3 is 2.68 bits per heavy atom. The minimum atomic E-state index is -2.54. The highest BCUT2D eigenvalue weighted by molar-refractivity contribution is 5.79. The molecule has 2 atom stereocenters. The predicted molar refractivity (Wildman–Crippen MR) is 68.4 cm³/mol. The van der Waals surface area contributed by atoms with Crippen LogP contribution in [0.15, 0.2) is 0 Å². The first-order chi connectivity index (χ1) is 8.89. The van der Waals surface area contributed by atoms with Gasteiger partial charge >= 0.3 is 5.97 Å². The maximum Gasteiger partial charge on any atom is 0.324 e. The van der Waals surface area contributed by atoms with Crippen molar-refractivity contribution in [2.45, 2.75) is 63.3 Å². The molecule has 0 radical (unpaired) electrons. The van der Waals surface area contributed by atoms with Crippen molar-refractivity contribution in [3.63, 3.8) is 0 Å². The molecule has 0 aromatic heterocycles. The quantitative estimate of drug-likeness (QED) is 0.838. The first-order valence-electron chi connectivity index (χ1n) is 7.26. The molecular formula is C14H23F2NO2. The smallest absolute Gasteiger partial charge is 0.324 e. The second kappa shape index (κ2) is 5.35. The Balaban J connectivity index is 2.04. The van der Waals surface area contributed by atoms with E-state index in [0.717, 1.165) is 19.4 Å². The Bertz CT molecular complexity index is 348. The summed E-state index contributed by atoms with van der Waals surface area (Å²) in [5.74, 6) is -3.37. The van der Waals surface area contributed by atoms with Crippen LogP contribution in [0.2, 0.25) is 0 Å². The van der Waals surface area contributed by atoms with Crippen LogP contribution in [0.3, 0.4) is 0 Å². The van der Waals surface area contributed by atoms with Crippen molar-refractivity contribution in [1.29, 1.82) is 0 Å². The van der Waals surface area contributed by atoms with Gasteiger partial charge in [-0.3, -0.25) is 9.69 Å². The average Bonchev–Trinajstić information content (AvgIpc) is 2.85. The Labute approximate surface area is 113 Å². The van der Waals surface area contributed by atoms with E-state index in [0.29, 0.717) is 25.8 Å². The first-order valence-corrected chi connectivity index (χ1v) is 7.26. The number of alkyl halides is 2. The molecule has 0 aromatic carbocycles. The van der Waals surface area contributed by atoms with Crippen molar-refractivity contribution in [2.24, 2.45) is 5.92 Å². The minimum absolute atomic E-state index is 0.0423. The van der Waals surface area contributed by atoms with Crippen LogP contribution in [-0.2, 0) is 4.79 Å². The lowest BCUT2D eigenvalue weighted by molar-refractivity contribution is -0.150. The van der Waals surface area contributed by atoms with Gasteiger partial charge in [0.1, 0.15) is 5.54 Å². The summed E-state index contributed by atoms with van der Waals surface area (Å²) in [6.45, 7) is 3.22. The second-order valence-electron chi connectivity index (χ2n) is 6.10. The van der Waals surface area contributed by atoms with Gasteiger partial charge < -0.3 is 5.11 Å². The van der Waals surface area contributed by atoms with Gasteiger partial charge in [0.15, 0.2) is 0 Å². The number of hydrogen-bond donors (Lipinski definition) is 1. The Kier molecular flexibility index (Phi) is 4.14. The molecule has 1 saturated carbocycles. The van der Waals surface area contributed by atoms with Crippen molar-refractivity contribution in [3.05, 3.63) is 0 Å². The molecule has 1 saturated heterocycles. The summed E-state index contributed by atoms with van der Waals surface area (Å²) < 4.78 is 26.5. The number of aliphatic carboxylic acids is 1. The van der Waals surface area contributed by atoms with Crippen LogP contribution < -0.4 is 0 Å². The molecule has 2 aliphatic rings. The zero-order valence-electron chi connectivity index (χ0n) is 11.5. The van der Waals surface area contributed by atoms with Gasteiger partial charge in [-0.25, -0.2) is 8.78 Å². The van der Waals surface area contributed by atoms with Crippen molar-refractivity contribution in [3.8, 4) is 0 Å². The van der Waals surface area contributed by atoms with Gasteiger partial charge in [-0.2, -0.15) is 0 Å². The molecule has 2 rings (SSSR count). The molecule has 2 fully saturated rings. The van der Waals surface area contributed by atoms with Crippen LogP contribution in [0.5, 0.6) is 0 Å². The van der Waals surface area contributed by atoms with E-state index in [1.54, 1.807) is 0 Å². The number of carboxylic acids is 1.